The van der Waals surface area contributed by atoms with Crippen LogP contribution in [0.2, 0.25) is 0 Å². The predicted molar refractivity (Wildman–Crippen MR) is 41.5 cm³/mol. The molecule has 0 bridgehead atoms. The first-order valence-electron chi connectivity index (χ1n) is 3.14. The number of aryl methyl sites for hydroxylation is 1. The fourth-order valence-corrected chi connectivity index (χ4v) is 0.671. The molecule has 0 saturated carbocycles. The minimum Gasteiger partial charge on any atom is -0.409 e. The van der Waals surface area contributed by atoms with Gasteiger partial charge in [0.25, 0.3) is 0 Å². The van der Waals surface area contributed by atoms with Gasteiger partial charge < -0.3 is 10.9 Å². The van der Waals surface area contributed by atoms with Gasteiger partial charge >= 0.3 is 0 Å². The Hall–Kier alpha value is -1.58. The molecule has 1 heterocycles. The van der Waals surface area contributed by atoms with Gasteiger partial charge in [0.05, 0.1) is 0 Å². The van der Waals surface area contributed by atoms with Crippen LogP contribution in [0.1, 0.15) is 11.3 Å². The molecule has 4 nitrogen and oxygen atoms in total. The van der Waals surface area contributed by atoms with Crippen LogP contribution in [0.5, 0.6) is 0 Å². The molecule has 0 fully saturated rings. The van der Waals surface area contributed by atoms with Crippen molar-refractivity contribution in [3.63, 3.8) is 0 Å². The SMILES string of the molecule is Cc1ccc(C(N)=NO)nc1. The van der Waals surface area contributed by atoms with E-state index in [9.17, 15) is 0 Å². The van der Waals surface area contributed by atoms with Crippen molar-refractivity contribution in [1.29, 1.82) is 0 Å². The van der Waals surface area contributed by atoms with Crippen LogP contribution in [-0.2, 0) is 0 Å². The molecule has 1 aromatic rings. The lowest BCUT2D eigenvalue weighted by molar-refractivity contribution is 0.318. The molecule has 1 rings (SSSR count). The third kappa shape index (κ3) is 1.67. The summed E-state index contributed by atoms with van der Waals surface area (Å²) >= 11 is 0. The molecule has 11 heavy (non-hydrogen) atoms. The molecule has 3 N–H and O–H groups in total. The van der Waals surface area contributed by atoms with E-state index in [1.165, 1.54) is 0 Å². The molecule has 1 aromatic heterocycles. The first-order valence-corrected chi connectivity index (χ1v) is 3.14. The Bertz CT molecular complexity index is 266. The second-order valence-electron chi connectivity index (χ2n) is 2.21. The highest BCUT2D eigenvalue weighted by atomic mass is 16.4. The number of aromatic nitrogens is 1. The second kappa shape index (κ2) is 3.01. The number of nitrogens with zero attached hydrogens (tertiary/aromatic N) is 2. The Morgan fingerprint density at radius 3 is 2.82 bits per heavy atom. The van der Waals surface area contributed by atoms with Gasteiger partial charge in [-0.25, -0.2) is 0 Å². The number of hydrogen-bond acceptors (Lipinski definition) is 3. The Balaban J connectivity index is 2.99. The van der Waals surface area contributed by atoms with Crippen molar-refractivity contribution in [3.8, 4) is 0 Å². The third-order valence-corrected chi connectivity index (χ3v) is 1.28. The molecular weight excluding hydrogens is 142 g/mol. The minimum atomic E-state index is 0.0324. The van der Waals surface area contributed by atoms with Gasteiger partial charge in [-0.15, -0.1) is 0 Å². The maximum absolute atomic E-state index is 8.28. The second-order valence-corrected chi connectivity index (χ2v) is 2.21. The van der Waals surface area contributed by atoms with Gasteiger partial charge in [0.1, 0.15) is 5.69 Å². The Morgan fingerprint density at radius 1 is 1.64 bits per heavy atom. The van der Waals surface area contributed by atoms with Crippen molar-refractivity contribution < 1.29 is 5.21 Å². The molecule has 0 aromatic carbocycles. The summed E-state index contributed by atoms with van der Waals surface area (Å²) in [6.07, 6.45) is 1.66. The normalized spacial score (nSPS) is 11.5. The van der Waals surface area contributed by atoms with E-state index in [1.54, 1.807) is 12.3 Å². The predicted octanol–water partition coefficient (Wildman–Crippen LogP) is 0.485. The molecule has 0 aliphatic carbocycles. The van der Waals surface area contributed by atoms with Crippen LogP contribution in [-0.4, -0.2) is 16.0 Å². The quantitative estimate of drug-likeness (QED) is 0.265. The average Bonchev–Trinajstić information content (AvgIpc) is 2.05. The standard InChI is InChI=1S/C7H9N3O/c1-5-2-3-6(9-4-5)7(8)10-11/h2-4,11H,1H3,(H2,8,10). The van der Waals surface area contributed by atoms with Gasteiger partial charge in [0, 0.05) is 6.20 Å². The summed E-state index contributed by atoms with van der Waals surface area (Å²) in [5.41, 5.74) is 6.81. The molecular formula is C7H9N3O. The molecule has 58 valence electrons. The van der Waals surface area contributed by atoms with Crippen molar-refractivity contribution in [2.75, 3.05) is 0 Å². The first-order chi connectivity index (χ1) is 5.24. The smallest absolute Gasteiger partial charge is 0.188 e. The lowest BCUT2D eigenvalue weighted by Gasteiger charge is -1.96. The van der Waals surface area contributed by atoms with Crippen LogP contribution in [0.25, 0.3) is 0 Å². The molecule has 0 spiro atoms. The van der Waals surface area contributed by atoms with Gasteiger partial charge in [0.2, 0.25) is 0 Å². The van der Waals surface area contributed by atoms with E-state index in [2.05, 4.69) is 10.1 Å². The molecule has 0 radical (unpaired) electrons. The third-order valence-electron chi connectivity index (χ3n) is 1.28. The number of nitrogens with two attached hydrogens (primary N) is 1. The zero-order chi connectivity index (χ0) is 8.27. The molecule has 0 amide bonds. The highest BCUT2D eigenvalue weighted by molar-refractivity contribution is 5.95. The Morgan fingerprint density at radius 2 is 2.36 bits per heavy atom. The maximum Gasteiger partial charge on any atom is 0.188 e. The Kier molecular flexibility index (Phi) is 2.06. The summed E-state index contributed by atoms with van der Waals surface area (Å²) in [6.45, 7) is 1.92. The van der Waals surface area contributed by atoms with E-state index in [0.29, 0.717) is 5.69 Å². The fourth-order valence-electron chi connectivity index (χ4n) is 0.671. The summed E-state index contributed by atoms with van der Waals surface area (Å²) < 4.78 is 0. The zero-order valence-electron chi connectivity index (χ0n) is 6.15. The van der Waals surface area contributed by atoms with Gasteiger partial charge in [-0.2, -0.15) is 0 Å². The highest BCUT2D eigenvalue weighted by Crippen LogP contribution is 1.97. The zero-order valence-corrected chi connectivity index (χ0v) is 6.15. The molecule has 0 unspecified atom stereocenters. The maximum atomic E-state index is 8.28. The summed E-state index contributed by atoms with van der Waals surface area (Å²) in [7, 11) is 0. The van der Waals surface area contributed by atoms with E-state index < -0.39 is 0 Å². The van der Waals surface area contributed by atoms with Crippen LogP contribution >= 0.6 is 0 Å². The monoisotopic (exact) mass is 151 g/mol. The number of oxime groups is 1. The van der Waals surface area contributed by atoms with E-state index in [-0.39, 0.29) is 5.84 Å². The summed E-state index contributed by atoms with van der Waals surface area (Å²) in [5, 5.41) is 11.1. The van der Waals surface area contributed by atoms with Gasteiger partial charge in [-0.1, -0.05) is 11.2 Å². The number of pyridine rings is 1. The first kappa shape index (κ1) is 7.53. The topological polar surface area (TPSA) is 71.5 Å². The van der Waals surface area contributed by atoms with E-state index in [4.69, 9.17) is 10.9 Å². The highest BCUT2D eigenvalue weighted by Gasteiger charge is 1.97. The summed E-state index contributed by atoms with van der Waals surface area (Å²) in [6, 6.07) is 3.55. The van der Waals surface area contributed by atoms with Crippen LogP contribution in [0.3, 0.4) is 0 Å². The number of hydrogen-bond donors (Lipinski definition) is 2. The van der Waals surface area contributed by atoms with Crippen LogP contribution in [0.4, 0.5) is 0 Å². The van der Waals surface area contributed by atoms with Crippen LogP contribution < -0.4 is 5.73 Å². The van der Waals surface area contributed by atoms with Gasteiger partial charge in [-0.3, -0.25) is 4.98 Å². The lowest BCUT2D eigenvalue weighted by atomic mass is 10.3. The van der Waals surface area contributed by atoms with Crippen molar-refractivity contribution >= 4 is 5.84 Å². The molecule has 4 heteroatoms. The van der Waals surface area contributed by atoms with Crippen LogP contribution in [0.15, 0.2) is 23.5 Å². The minimum absolute atomic E-state index is 0.0324. The van der Waals surface area contributed by atoms with Crippen LogP contribution in [0, 0.1) is 6.92 Å². The molecule has 0 aliphatic rings. The van der Waals surface area contributed by atoms with E-state index in [0.717, 1.165) is 5.56 Å². The fraction of sp³-hybridized carbons (Fsp3) is 0.143. The Labute approximate surface area is 64.4 Å². The van der Waals surface area contributed by atoms with Crippen molar-refractivity contribution in [2.24, 2.45) is 10.9 Å². The number of amidine groups is 1. The van der Waals surface area contributed by atoms with Gasteiger partial charge in [-0.05, 0) is 18.6 Å². The van der Waals surface area contributed by atoms with Crippen molar-refractivity contribution in [1.82, 2.24) is 4.98 Å². The van der Waals surface area contributed by atoms with E-state index >= 15 is 0 Å². The van der Waals surface area contributed by atoms with Crippen molar-refractivity contribution in [3.05, 3.63) is 29.6 Å². The number of rotatable bonds is 1. The summed E-state index contributed by atoms with van der Waals surface area (Å²) in [4.78, 5) is 3.93. The molecule has 0 saturated heterocycles. The summed E-state index contributed by atoms with van der Waals surface area (Å²) in [5.74, 6) is 0.0324. The molecule has 0 aliphatic heterocycles. The van der Waals surface area contributed by atoms with Crippen molar-refractivity contribution in [2.45, 2.75) is 6.92 Å². The largest absolute Gasteiger partial charge is 0.409 e. The molecule has 0 atom stereocenters. The average molecular weight is 151 g/mol. The van der Waals surface area contributed by atoms with Gasteiger partial charge in [0.15, 0.2) is 5.84 Å². The van der Waals surface area contributed by atoms with E-state index in [1.807, 2.05) is 13.0 Å². The lowest BCUT2D eigenvalue weighted by Crippen LogP contribution is -2.14.